The van der Waals surface area contributed by atoms with Gasteiger partial charge in [0.2, 0.25) is 0 Å². The van der Waals surface area contributed by atoms with Crippen LogP contribution in [0.5, 0.6) is 0 Å². The topological polar surface area (TPSA) is 29.5 Å². The largest absolute Gasteiger partial charge is 0.384 e. The Hall–Kier alpha value is -1.06. The molecule has 1 unspecified atom stereocenters. The smallest absolute Gasteiger partial charge is 0.152 e. The van der Waals surface area contributed by atoms with E-state index in [0.717, 1.165) is 38.1 Å². The van der Waals surface area contributed by atoms with E-state index in [-0.39, 0.29) is 0 Å². The first kappa shape index (κ1) is 13.4. The summed E-state index contributed by atoms with van der Waals surface area (Å²) in [6.07, 6.45) is 3.16. The molecule has 1 aromatic rings. The van der Waals surface area contributed by atoms with Gasteiger partial charge < -0.3 is 9.64 Å². The standard InChI is InChI=1S/C14H18ClNO2/c1-18-10-11-4-3-7-16(8-11)14-12(9-17)5-2-6-13(14)15/h2,5-6,9,11H,3-4,7-8,10H2,1H3. The van der Waals surface area contributed by atoms with Crippen molar-refractivity contribution in [3.63, 3.8) is 0 Å². The van der Waals surface area contributed by atoms with Crippen molar-refractivity contribution >= 4 is 23.6 Å². The summed E-state index contributed by atoms with van der Waals surface area (Å²) in [7, 11) is 1.73. The fourth-order valence-corrected chi connectivity index (χ4v) is 2.90. The van der Waals surface area contributed by atoms with Gasteiger partial charge in [-0.05, 0) is 30.9 Å². The average molecular weight is 268 g/mol. The van der Waals surface area contributed by atoms with Crippen molar-refractivity contribution in [3.05, 3.63) is 28.8 Å². The van der Waals surface area contributed by atoms with E-state index < -0.39 is 0 Å². The minimum Gasteiger partial charge on any atom is -0.384 e. The van der Waals surface area contributed by atoms with E-state index in [1.165, 1.54) is 6.42 Å². The van der Waals surface area contributed by atoms with E-state index in [9.17, 15) is 4.79 Å². The highest BCUT2D eigenvalue weighted by Crippen LogP contribution is 2.32. The quantitative estimate of drug-likeness (QED) is 0.786. The van der Waals surface area contributed by atoms with Gasteiger partial charge in [-0.15, -0.1) is 0 Å². The van der Waals surface area contributed by atoms with Crippen molar-refractivity contribution in [2.24, 2.45) is 5.92 Å². The lowest BCUT2D eigenvalue weighted by Gasteiger charge is -2.35. The van der Waals surface area contributed by atoms with Crippen molar-refractivity contribution in [2.45, 2.75) is 12.8 Å². The number of rotatable bonds is 4. The number of nitrogens with zero attached hydrogens (tertiary/aromatic N) is 1. The van der Waals surface area contributed by atoms with Crippen LogP contribution >= 0.6 is 11.6 Å². The van der Waals surface area contributed by atoms with Crippen molar-refractivity contribution in [1.29, 1.82) is 0 Å². The average Bonchev–Trinajstić information content (AvgIpc) is 2.39. The summed E-state index contributed by atoms with van der Waals surface area (Å²) in [4.78, 5) is 13.3. The number of anilines is 1. The minimum atomic E-state index is 0.513. The normalized spacial score (nSPS) is 19.9. The number of aldehydes is 1. The molecule has 1 atom stereocenters. The zero-order chi connectivity index (χ0) is 13.0. The molecule has 0 N–H and O–H groups in total. The lowest BCUT2D eigenvalue weighted by atomic mass is 9.97. The Morgan fingerprint density at radius 3 is 3.11 bits per heavy atom. The third-order valence-electron chi connectivity index (χ3n) is 3.38. The van der Waals surface area contributed by atoms with E-state index >= 15 is 0 Å². The summed E-state index contributed by atoms with van der Waals surface area (Å²) in [5.74, 6) is 0.513. The number of halogens is 1. The zero-order valence-electron chi connectivity index (χ0n) is 10.6. The van der Waals surface area contributed by atoms with E-state index in [1.54, 1.807) is 7.11 Å². The van der Waals surface area contributed by atoms with Crippen LogP contribution < -0.4 is 4.90 Å². The van der Waals surface area contributed by atoms with Gasteiger partial charge in [0.05, 0.1) is 17.3 Å². The number of ether oxygens (including phenoxy) is 1. The highest BCUT2D eigenvalue weighted by Gasteiger charge is 2.23. The van der Waals surface area contributed by atoms with Gasteiger partial charge in [0.15, 0.2) is 6.29 Å². The predicted molar refractivity (Wildman–Crippen MR) is 73.7 cm³/mol. The number of hydrogen-bond acceptors (Lipinski definition) is 3. The molecular weight excluding hydrogens is 250 g/mol. The Morgan fingerprint density at radius 1 is 1.56 bits per heavy atom. The third-order valence-corrected chi connectivity index (χ3v) is 3.69. The summed E-state index contributed by atoms with van der Waals surface area (Å²) in [6.45, 7) is 2.61. The molecule has 0 saturated carbocycles. The van der Waals surface area contributed by atoms with Gasteiger partial charge in [0, 0.05) is 25.8 Å². The van der Waals surface area contributed by atoms with Gasteiger partial charge >= 0.3 is 0 Å². The second-order valence-corrected chi connectivity index (χ2v) is 5.11. The molecule has 0 aliphatic carbocycles. The number of carbonyl (C=O) groups excluding carboxylic acids is 1. The molecule has 98 valence electrons. The van der Waals surface area contributed by atoms with Crippen molar-refractivity contribution in [2.75, 3.05) is 31.7 Å². The Kier molecular flexibility index (Phi) is 4.61. The van der Waals surface area contributed by atoms with Crippen LogP contribution in [0.1, 0.15) is 23.2 Å². The highest BCUT2D eigenvalue weighted by molar-refractivity contribution is 6.33. The molecule has 3 nitrogen and oxygen atoms in total. The number of benzene rings is 1. The molecule has 2 rings (SSSR count). The molecule has 18 heavy (non-hydrogen) atoms. The third kappa shape index (κ3) is 2.85. The summed E-state index contributed by atoms with van der Waals surface area (Å²) >= 11 is 6.23. The fourth-order valence-electron chi connectivity index (χ4n) is 2.60. The minimum absolute atomic E-state index is 0.513. The van der Waals surface area contributed by atoms with Crippen LogP contribution in [0.25, 0.3) is 0 Å². The number of carbonyl (C=O) groups is 1. The maximum atomic E-state index is 11.1. The highest BCUT2D eigenvalue weighted by atomic mass is 35.5. The van der Waals surface area contributed by atoms with Crippen molar-refractivity contribution in [1.82, 2.24) is 0 Å². The monoisotopic (exact) mass is 267 g/mol. The first-order chi connectivity index (χ1) is 8.76. The second kappa shape index (κ2) is 6.21. The molecule has 1 fully saturated rings. The lowest BCUT2D eigenvalue weighted by Crippen LogP contribution is -2.37. The number of para-hydroxylation sites is 1. The van der Waals surface area contributed by atoms with Crippen LogP contribution in [0.3, 0.4) is 0 Å². The van der Waals surface area contributed by atoms with Crippen LogP contribution in [0.4, 0.5) is 5.69 Å². The van der Waals surface area contributed by atoms with Crippen LogP contribution in [0.2, 0.25) is 5.02 Å². The molecule has 0 aromatic heterocycles. The van der Waals surface area contributed by atoms with Gasteiger partial charge in [0.1, 0.15) is 0 Å². The molecule has 4 heteroatoms. The molecule has 0 radical (unpaired) electrons. The molecule has 1 aliphatic heterocycles. The zero-order valence-corrected chi connectivity index (χ0v) is 11.3. The van der Waals surface area contributed by atoms with Crippen molar-refractivity contribution in [3.8, 4) is 0 Å². The van der Waals surface area contributed by atoms with Gasteiger partial charge in [-0.25, -0.2) is 0 Å². The van der Waals surface area contributed by atoms with Gasteiger partial charge in [0.25, 0.3) is 0 Å². The van der Waals surface area contributed by atoms with E-state index in [4.69, 9.17) is 16.3 Å². The lowest BCUT2D eigenvalue weighted by molar-refractivity contribution is 0.112. The van der Waals surface area contributed by atoms with Gasteiger partial charge in [-0.1, -0.05) is 17.7 Å². The Labute approximate surface area is 113 Å². The Balaban J connectivity index is 2.22. The summed E-state index contributed by atoms with van der Waals surface area (Å²) in [5, 5.41) is 0.651. The number of hydrogen-bond donors (Lipinski definition) is 0. The molecule has 1 aromatic carbocycles. The second-order valence-electron chi connectivity index (χ2n) is 4.71. The molecule has 0 amide bonds. The first-order valence-electron chi connectivity index (χ1n) is 6.24. The predicted octanol–water partition coefficient (Wildman–Crippen LogP) is 3.02. The first-order valence-corrected chi connectivity index (χ1v) is 6.61. The van der Waals surface area contributed by atoms with Gasteiger partial charge in [-0.3, -0.25) is 4.79 Å². The maximum absolute atomic E-state index is 11.1. The molecular formula is C14H18ClNO2. The van der Waals surface area contributed by atoms with Crippen molar-refractivity contribution < 1.29 is 9.53 Å². The summed E-state index contributed by atoms with van der Waals surface area (Å²) in [6, 6.07) is 5.46. The van der Waals surface area contributed by atoms with E-state index in [0.29, 0.717) is 16.5 Å². The fraction of sp³-hybridized carbons (Fsp3) is 0.500. The number of piperidine rings is 1. The maximum Gasteiger partial charge on any atom is 0.152 e. The molecule has 0 spiro atoms. The van der Waals surface area contributed by atoms with Crippen LogP contribution in [-0.2, 0) is 4.74 Å². The number of methoxy groups -OCH3 is 1. The SMILES string of the molecule is COCC1CCCN(c2c(Cl)cccc2C=O)C1. The molecule has 1 aliphatic rings. The summed E-state index contributed by atoms with van der Waals surface area (Å²) < 4.78 is 5.22. The van der Waals surface area contributed by atoms with Crippen LogP contribution in [0.15, 0.2) is 18.2 Å². The van der Waals surface area contributed by atoms with Crippen LogP contribution in [0, 0.1) is 5.92 Å². The molecule has 0 bridgehead atoms. The van der Waals surface area contributed by atoms with Crippen LogP contribution in [-0.4, -0.2) is 33.1 Å². The van der Waals surface area contributed by atoms with E-state index in [2.05, 4.69) is 4.90 Å². The summed E-state index contributed by atoms with van der Waals surface area (Å²) in [5.41, 5.74) is 1.54. The Bertz CT molecular complexity index is 420. The molecule has 1 heterocycles. The Morgan fingerprint density at radius 2 is 2.39 bits per heavy atom. The van der Waals surface area contributed by atoms with E-state index in [1.807, 2.05) is 18.2 Å². The molecule has 1 saturated heterocycles. The van der Waals surface area contributed by atoms with Gasteiger partial charge in [-0.2, -0.15) is 0 Å².